The monoisotopic (exact) mass is 442 g/mol. The maximum absolute atomic E-state index is 13.9. The number of rotatable bonds is 9. The molecule has 0 saturated heterocycles. The third kappa shape index (κ3) is 4.24. The number of nitrogens with zero attached hydrogens (tertiary/aromatic N) is 1. The fourth-order valence-electron chi connectivity index (χ4n) is 4.57. The van der Waals surface area contributed by atoms with Gasteiger partial charge in [0.25, 0.3) is 5.91 Å². The van der Waals surface area contributed by atoms with Crippen molar-refractivity contribution in [1.82, 2.24) is 9.88 Å². The van der Waals surface area contributed by atoms with Crippen LogP contribution in [0.15, 0.2) is 85.1 Å². The highest BCUT2D eigenvalue weighted by atomic mass is 16.4. The second-order valence-electron chi connectivity index (χ2n) is 8.31. The van der Waals surface area contributed by atoms with Crippen molar-refractivity contribution in [2.45, 2.75) is 31.8 Å². The SMILES string of the molecule is C=CC[C@H](C(=O)O)C1=CC(C)N(C(Cc2ccccc2)C(=O)c2c[nH]c3ccccc23)C1=O. The summed E-state index contributed by atoms with van der Waals surface area (Å²) in [4.78, 5) is 43.9. The lowest BCUT2D eigenvalue weighted by Crippen LogP contribution is -2.48. The molecule has 0 radical (unpaired) electrons. The van der Waals surface area contributed by atoms with Gasteiger partial charge in [-0.2, -0.15) is 0 Å². The Kier molecular flexibility index (Phi) is 6.27. The number of benzene rings is 2. The normalized spacial score (nSPS) is 17.6. The van der Waals surface area contributed by atoms with Gasteiger partial charge >= 0.3 is 5.97 Å². The number of Topliss-reactive ketones (excluding diaryl/α,β-unsaturated/α-hetero) is 1. The van der Waals surface area contributed by atoms with Crippen LogP contribution < -0.4 is 0 Å². The highest BCUT2D eigenvalue weighted by molar-refractivity contribution is 6.12. The van der Waals surface area contributed by atoms with E-state index in [1.165, 1.54) is 11.0 Å². The first-order chi connectivity index (χ1) is 15.9. The number of allylic oxidation sites excluding steroid dienone is 1. The van der Waals surface area contributed by atoms with E-state index < -0.39 is 29.9 Å². The van der Waals surface area contributed by atoms with Gasteiger partial charge in [-0.3, -0.25) is 14.4 Å². The number of aliphatic carboxylic acids is 1. The molecule has 6 nitrogen and oxygen atoms in total. The van der Waals surface area contributed by atoms with Crippen molar-refractivity contribution in [2.75, 3.05) is 0 Å². The number of carbonyl (C=O) groups excluding carboxylic acids is 2. The molecule has 2 N–H and O–H groups in total. The number of aromatic nitrogens is 1. The second-order valence-corrected chi connectivity index (χ2v) is 8.31. The lowest BCUT2D eigenvalue weighted by atomic mass is 9.94. The van der Waals surface area contributed by atoms with Gasteiger partial charge in [-0.1, -0.05) is 60.7 Å². The number of fused-ring (bicyclic) bond motifs is 1. The molecule has 1 aromatic heterocycles. The predicted molar refractivity (Wildman–Crippen MR) is 127 cm³/mol. The standard InChI is InChI=1S/C27H26N2O4/c1-3-9-20(27(32)33)21-14-17(2)29(26(21)31)24(15-18-10-5-4-6-11-18)25(30)22-16-28-23-13-8-7-12-19(22)23/h3-8,10-14,16-17,20,24,28H,1,9,15H2,2H3,(H,32,33)/t17?,20-,24?/m0/s1. The van der Waals surface area contributed by atoms with Crippen LogP contribution in [-0.4, -0.2) is 44.7 Å². The molecular formula is C27H26N2O4. The number of nitrogens with one attached hydrogen (secondary N) is 1. The predicted octanol–water partition coefficient (Wildman–Crippen LogP) is 4.40. The van der Waals surface area contributed by atoms with Crippen LogP contribution in [0.2, 0.25) is 0 Å². The molecule has 1 amide bonds. The number of aromatic amines is 1. The molecule has 2 unspecified atom stereocenters. The van der Waals surface area contributed by atoms with Crippen molar-refractivity contribution < 1.29 is 19.5 Å². The minimum Gasteiger partial charge on any atom is -0.481 e. The fourth-order valence-corrected chi connectivity index (χ4v) is 4.57. The molecule has 1 aliphatic heterocycles. The van der Waals surface area contributed by atoms with Gasteiger partial charge in [0.15, 0.2) is 5.78 Å². The van der Waals surface area contributed by atoms with Crippen molar-refractivity contribution in [3.63, 3.8) is 0 Å². The second kappa shape index (κ2) is 9.28. The molecule has 6 heteroatoms. The average molecular weight is 443 g/mol. The number of carboxylic acid groups (broad SMARTS) is 1. The smallest absolute Gasteiger partial charge is 0.311 e. The highest BCUT2D eigenvalue weighted by Gasteiger charge is 2.42. The molecule has 33 heavy (non-hydrogen) atoms. The first-order valence-electron chi connectivity index (χ1n) is 10.9. The molecule has 0 saturated carbocycles. The number of carboxylic acids is 1. The van der Waals surface area contributed by atoms with E-state index in [9.17, 15) is 19.5 Å². The summed E-state index contributed by atoms with van der Waals surface area (Å²) in [5.74, 6) is -2.65. The molecule has 0 fully saturated rings. The summed E-state index contributed by atoms with van der Waals surface area (Å²) in [6.45, 7) is 5.44. The Hall–Kier alpha value is -3.93. The van der Waals surface area contributed by atoms with Crippen LogP contribution in [0.4, 0.5) is 0 Å². The fraction of sp³-hybridized carbons (Fsp3) is 0.222. The van der Waals surface area contributed by atoms with Crippen LogP contribution in [0.1, 0.15) is 29.3 Å². The molecule has 168 valence electrons. The van der Waals surface area contributed by atoms with E-state index in [1.54, 1.807) is 12.3 Å². The van der Waals surface area contributed by atoms with E-state index in [2.05, 4.69) is 11.6 Å². The average Bonchev–Trinajstić information content (AvgIpc) is 3.36. The number of hydrogen-bond donors (Lipinski definition) is 2. The molecule has 0 bridgehead atoms. The summed E-state index contributed by atoms with van der Waals surface area (Å²) in [6.07, 6.45) is 5.33. The molecule has 2 heterocycles. The first-order valence-corrected chi connectivity index (χ1v) is 10.9. The quantitative estimate of drug-likeness (QED) is 0.380. The molecule has 0 aliphatic carbocycles. The molecule has 3 aromatic rings. The third-order valence-corrected chi connectivity index (χ3v) is 6.18. The van der Waals surface area contributed by atoms with Gasteiger partial charge in [-0.05, 0) is 25.0 Å². The number of H-pyrrole nitrogens is 1. The first kappa shape index (κ1) is 22.3. The van der Waals surface area contributed by atoms with E-state index >= 15 is 0 Å². The zero-order chi connectivity index (χ0) is 23.5. The summed E-state index contributed by atoms with van der Waals surface area (Å²) in [5, 5.41) is 10.5. The van der Waals surface area contributed by atoms with Crippen LogP contribution in [0.5, 0.6) is 0 Å². The Morgan fingerprint density at radius 2 is 1.85 bits per heavy atom. The lowest BCUT2D eigenvalue weighted by molar-refractivity contribution is -0.142. The Morgan fingerprint density at radius 1 is 1.15 bits per heavy atom. The van der Waals surface area contributed by atoms with Crippen molar-refractivity contribution in [1.29, 1.82) is 0 Å². The van der Waals surface area contributed by atoms with Crippen LogP contribution >= 0.6 is 0 Å². The molecular weight excluding hydrogens is 416 g/mol. The Balaban J connectivity index is 1.74. The molecule has 0 spiro atoms. The van der Waals surface area contributed by atoms with Gasteiger partial charge in [-0.15, -0.1) is 6.58 Å². The summed E-state index contributed by atoms with van der Waals surface area (Å²) >= 11 is 0. The maximum atomic E-state index is 13.9. The third-order valence-electron chi connectivity index (χ3n) is 6.18. The van der Waals surface area contributed by atoms with E-state index in [0.717, 1.165) is 16.5 Å². The van der Waals surface area contributed by atoms with Gasteiger partial charge in [0.2, 0.25) is 0 Å². The summed E-state index contributed by atoms with van der Waals surface area (Å²) < 4.78 is 0. The van der Waals surface area contributed by atoms with Crippen LogP contribution in [0.3, 0.4) is 0 Å². The summed E-state index contributed by atoms with van der Waals surface area (Å²) in [7, 11) is 0. The zero-order valence-electron chi connectivity index (χ0n) is 18.4. The molecule has 1 aliphatic rings. The number of para-hydroxylation sites is 1. The van der Waals surface area contributed by atoms with Crippen molar-refractivity contribution in [3.05, 3.63) is 96.2 Å². The van der Waals surface area contributed by atoms with Gasteiger partial charge in [-0.25, -0.2) is 0 Å². The van der Waals surface area contributed by atoms with E-state index in [1.807, 2.05) is 61.5 Å². The van der Waals surface area contributed by atoms with Gasteiger partial charge in [0.05, 0.1) is 5.92 Å². The Morgan fingerprint density at radius 3 is 2.55 bits per heavy atom. The van der Waals surface area contributed by atoms with Crippen molar-refractivity contribution >= 4 is 28.6 Å². The largest absolute Gasteiger partial charge is 0.481 e. The minimum atomic E-state index is -1.08. The van der Waals surface area contributed by atoms with Crippen LogP contribution in [0.25, 0.3) is 10.9 Å². The van der Waals surface area contributed by atoms with Gasteiger partial charge in [0, 0.05) is 40.7 Å². The highest BCUT2D eigenvalue weighted by Crippen LogP contribution is 2.31. The Bertz CT molecular complexity index is 1240. The number of carbonyl (C=O) groups is 3. The minimum absolute atomic E-state index is 0.146. The zero-order valence-corrected chi connectivity index (χ0v) is 18.4. The van der Waals surface area contributed by atoms with Gasteiger partial charge < -0.3 is 15.0 Å². The van der Waals surface area contributed by atoms with Gasteiger partial charge in [0.1, 0.15) is 6.04 Å². The van der Waals surface area contributed by atoms with E-state index in [-0.39, 0.29) is 17.8 Å². The molecule has 2 aromatic carbocycles. The topological polar surface area (TPSA) is 90.5 Å². The van der Waals surface area contributed by atoms with Crippen LogP contribution in [-0.2, 0) is 16.0 Å². The maximum Gasteiger partial charge on any atom is 0.311 e. The van der Waals surface area contributed by atoms with Crippen molar-refractivity contribution in [2.24, 2.45) is 5.92 Å². The molecule has 4 rings (SSSR count). The summed E-state index contributed by atoms with van der Waals surface area (Å²) in [5.41, 5.74) is 2.49. The molecule has 3 atom stereocenters. The van der Waals surface area contributed by atoms with Crippen LogP contribution in [0, 0.1) is 5.92 Å². The lowest BCUT2D eigenvalue weighted by Gasteiger charge is -2.31. The number of amides is 1. The van der Waals surface area contributed by atoms with E-state index in [0.29, 0.717) is 12.0 Å². The number of ketones is 1. The van der Waals surface area contributed by atoms with Crippen molar-refractivity contribution in [3.8, 4) is 0 Å². The number of hydrogen-bond acceptors (Lipinski definition) is 3. The Labute approximate surface area is 192 Å². The summed E-state index contributed by atoms with van der Waals surface area (Å²) in [6, 6.07) is 15.9. The van der Waals surface area contributed by atoms with E-state index in [4.69, 9.17) is 0 Å².